The van der Waals surface area contributed by atoms with Crippen molar-refractivity contribution < 1.29 is 0 Å². The van der Waals surface area contributed by atoms with Crippen molar-refractivity contribution in [3.05, 3.63) is 47.3 Å². The molecule has 0 unspecified atom stereocenters. The molecule has 0 amide bonds. The van der Waals surface area contributed by atoms with E-state index in [0.717, 1.165) is 42.6 Å². The normalized spacial score (nSPS) is 13.4. The van der Waals surface area contributed by atoms with Crippen LogP contribution < -0.4 is 4.90 Å². The second kappa shape index (κ2) is 5.30. The zero-order chi connectivity index (χ0) is 13.9. The van der Waals surface area contributed by atoms with Gasteiger partial charge in [-0.2, -0.15) is 5.26 Å². The number of benzene rings is 1. The molecule has 1 aromatic heterocycles. The average molecular weight is 264 g/mol. The summed E-state index contributed by atoms with van der Waals surface area (Å²) in [6, 6.07) is 12.2. The second-order valence-electron chi connectivity index (χ2n) is 5.01. The molecule has 0 spiro atoms. The molecule has 4 heteroatoms. The van der Waals surface area contributed by atoms with Crippen LogP contribution in [0.1, 0.15) is 29.8 Å². The maximum absolute atomic E-state index is 9.31. The van der Waals surface area contributed by atoms with Crippen LogP contribution in [0.2, 0.25) is 0 Å². The van der Waals surface area contributed by atoms with Gasteiger partial charge in [-0.1, -0.05) is 18.2 Å². The number of fused-ring (bicyclic) bond motifs is 1. The molecule has 1 aliphatic carbocycles. The first-order valence-corrected chi connectivity index (χ1v) is 6.88. The van der Waals surface area contributed by atoms with E-state index in [4.69, 9.17) is 0 Å². The van der Waals surface area contributed by atoms with Crippen molar-refractivity contribution in [2.75, 3.05) is 11.9 Å². The van der Waals surface area contributed by atoms with Gasteiger partial charge in [0, 0.05) is 18.3 Å². The maximum Gasteiger partial charge on any atom is 0.231 e. The molecule has 4 nitrogen and oxygen atoms in total. The highest BCUT2D eigenvalue weighted by Crippen LogP contribution is 2.26. The molecule has 0 fully saturated rings. The monoisotopic (exact) mass is 264 g/mol. The molecule has 3 rings (SSSR count). The van der Waals surface area contributed by atoms with Crippen molar-refractivity contribution in [2.24, 2.45) is 0 Å². The minimum Gasteiger partial charge on any atom is -0.314 e. The Balaban J connectivity index is 2.05. The lowest BCUT2D eigenvalue weighted by molar-refractivity contribution is 0.659. The summed E-state index contributed by atoms with van der Waals surface area (Å²) < 4.78 is 0. The molecule has 0 N–H and O–H groups in total. The number of hydrogen-bond acceptors (Lipinski definition) is 4. The molecule has 100 valence electrons. The number of aryl methyl sites for hydroxylation is 1. The average Bonchev–Trinajstić information content (AvgIpc) is 2.54. The fourth-order valence-electron chi connectivity index (χ4n) is 2.59. The van der Waals surface area contributed by atoms with Crippen molar-refractivity contribution in [3.8, 4) is 6.07 Å². The van der Waals surface area contributed by atoms with E-state index in [2.05, 4.69) is 16.0 Å². The van der Waals surface area contributed by atoms with E-state index >= 15 is 0 Å². The predicted octanol–water partition coefficient (Wildman–Crippen LogP) is 2.99. The number of aromatic nitrogens is 2. The summed E-state index contributed by atoms with van der Waals surface area (Å²) >= 11 is 0. The van der Waals surface area contributed by atoms with Crippen LogP contribution in [0, 0.1) is 11.3 Å². The molecule has 2 aromatic rings. The molecule has 0 bridgehead atoms. The van der Waals surface area contributed by atoms with Crippen LogP contribution in [0.5, 0.6) is 0 Å². The van der Waals surface area contributed by atoms with Crippen LogP contribution in [0.15, 0.2) is 30.3 Å². The van der Waals surface area contributed by atoms with Crippen molar-refractivity contribution >= 4 is 11.6 Å². The van der Waals surface area contributed by atoms with Crippen LogP contribution >= 0.6 is 0 Å². The third-order valence-electron chi connectivity index (χ3n) is 3.72. The number of para-hydroxylation sites is 1. The Hall–Kier alpha value is -2.41. The predicted molar refractivity (Wildman–Crippen MR) is 77.9 cm³/mol. The molecule has 0 aliphatic heterocycles. The molecule has 1 aromatic carbocycles. The summed E-state index contributed by atoms with van der Waals surface area (Å²) in [7, 11) is 1.93. The van der Waals surface area contributed by atoms with E-state index in [0.29, 0.717) is 11.6 Å². The smallest absolute Gasteiger partial charge is 0.231 e. The third kappa shape index (κ3) is 2.23. The minimum atomic E-state index is 0.535. The Labute approximate surface area is 118 Å². The van der Waals surface area contributed by atoms with E-state index in [1.54, 1.807) is 0 Å². The summed E-state index contributed by atoms with van der Waals surface area (Å²) in [6.45, 7) is 0. The number of nitriles is 1. The highest BCUT2D eigenvalue weighted by Gasteiger charge is 2.19. The highest BCUT2D eigenvalue weighted by atomic mass is 15.2. The fraction of sp³-hybridized carbons (Fsp3) is 0.312. The first kappa shape index (κ1) is 12.6. The van der Waals surface area contributed by atoms with Crippen LogP contribution in [-0.2, 0) is 12.8 Å². The summed E-state index contributed by atoms with van der Waals surface area (Å²) in [5, 5.41) is 9.31. The first-order valence-electron chi connectivity index (χ1n) is 6.88. The van der Waals surface area contributed by atoms with Gasteiger partial charge in [0.15, 0.2) is 0 Å². The number of nitrogens with zero attached hydrogens (tertiary/aromatic N) is 4. The quantitative estimate of drug-likeness (QED) is 0.836. The Morgan fingerprint density at radius 3 is 2.60 bits per heavy atom. The van der Waals surface area contributed by atoms with Gasteiger partial charge < -0.3 is 4.90 Å². The van der Waals surface area contributed by atoms with Gasteiger partial charge in [-0.25, -0.2) is 9.97 Å². The zero-order valence-electron chi connectivity index (χ0n) is 11.5. The van der Waals surface area contributed by atoms with Gasteiger partial charge in [0.2, 0.25) is 5.95 Å². The number of rotatable bonds is 2. The van der Waals surface area contributed by atoms with E-state index < -0.39 is 0 Å². The van der Waals surface area contributed by atoms with Gasteiger partial charge in [0.05, 0.1) is 5.69 Å². The summed E-state index contributed by atoms with van der Waals surface area (Å²) in [5.41, 5.74) is 3.64. The number of hydrogen-bond donors (Lipinski definition) is 0. The molecule has 0 saturated carbocycles. The van der Waals surface area contributed by atoms with E-state index in [1.165, 1.54) is 0 Å². The molecule has 20 heavy (non-hydrogen) atoms. The first-order chi connectivity index (χ1) is 9.79. The van der Waals surface area contributed by atoms with Crippen LogP contribution in [0.25, 0.3) is 0 Å². The van der Waals surface area contributed by atoms with Crippen molar-refractivity contribution in [3.63, 3.8) is 0 Å². The van der Waals surface area contributed by atoms with Gasteiger partial charge in [-0.3, -0.25) is 0 Å². The molecule has 0 radical (unpaired) electrons. The van der Waals surface area contributed by atoms with Crippen LogP contribution in [0.3, 0.4) is 0 Å². The Bertz CT molecular complexity index is 658. The summed E-state index contributed by atoms with van der Waals surface area (Å²) in [5.74, 6) is 0.605. The Morgan fingerprint density at radius 2 is 1.85 bits per heavy atom. The maximum atomic E-state index is 9.31. The lowest BCUT2D eigenvalue weighted by Crippen LogP contribution is -2.18. The van der Waals surface area contributed by atoms with Crippen molar-refractivity contribution in [1.29, 1.82) is 5.26 Å². The largest absolute Gasteiger partial charge is 0.314 e. The highest BCUT2D eigenvalue weighted by molar-refractivity contribution is 5.57. The van der Waals surface area contributed by atoms with Gasteiger partial charge in [-0.15, -0.1) is 0 Å². The fourth-order valence-corrected chi connectivity index (χ4v) is 2.59. The topological polar surface area (TPSA) is 52.8 Å². The Kier molecular flexibility index (Phi) is 3.34. The Morgan fingerprint density at radius 1 is 1.10 bits per heavy atom. The summed E-state index contributed by atoms with van der Waals surface area (Å²) in [6.07, 6.45) is 4.14. The van der Waals surface area contributed by atoms with Gasteiger partial charge in [0.1, 0.15) is 11.8 Å². The van der Waals surface area contributed by atoms with Crippen LogP contribution in [0.4, 0.5) is 11.6 Å². The van der Waals surface area contributed by atoms with Crippen molar-refractivity contribution in [2.45, 2.75) is 25.7 Å². The standard InChI is InChI=1S/C16H16N4/c1-20(12-7-3-2-4-8-12)16-18-14-10-6-5-9-13(14)15(11-17)19-16/h2-4,7-8H,5-6,9-10H2,1H3. The lowest BCUT2D eigenvalue weighted by atomic mass is 9.95. The van der Waals surface area contributed by atoms with Gasteiger partial charge in [-0.05, 0) is 37.8 Å². The summed E-state index contributed by atoms with van der Waals surface area (Å²) in [4.78, 5) is 11.0. The number of anilines is 2. The van der Waals surface area contributed by atoms with E-state index in [9.17, 15) is 5.26 Å². The van der Waals surface area contributed by atoms with E-state index in [1.807, 2.05) is 42.3 Å². The third-order valence-corrected chi connectivity index (χ3v) is 3.72. The molecule has 1 aliphatic rings. The van der Waals surface area contributed by atoms with Gasteiger partial charge in [0.25, 0.3) is 0 Å². The second-order valence-corrected chi connectivity index (χ2v) is 5.01. The SMILES string of the molecule is CN(c1ccccc1)c1nc(C#N)c2c(n1)CCCC2. The molecular weight excluding hydrogens is 248 g/mol. The van der Waals surface area contributed by atoms with E-state index in [-0.39, 0.29) is 0 Å². The zero-order valence-corrected chi connectivity index (χ0v) is 11.5. The molecule has 0 saturated heterocycles. The van der Waals surface area contributed by atoms with Crippen LogP contribution in [-0.4, -0.2) is 17.0 Å². The van der Waals surface area contributed by atoms with Crippen molar-refractivity contribution in [1.82, 2.24) is 9.97 Å². The molecule has 0 atom stereocenters. The molecule has 1 heterocycles. The molecular formula is C16H16N4. The van der Waals surface area contributed by atoms with Gasteiger partial charge >= 0.3 is 0 Å². The lowest BCUT2D eigenvalue weighted by Gasteiger charge is -2.21. The minimum absolute atomic E-state index is 0.535.